The number of imidazole rings is 1. The van der Waals surface area contributed by atoms with Gasteiger partial charge in [-0.05, 0) is 73.9 Å². The molecule has 158 valence electrons. The first-order chi connectivity index (χ1) is 15.0. The minimum absolute atomic E-state index is 0.0960. The van der Waals surface area contributed by atoms with Crippen LogP contribution in [0.5, 0.6) is 5.75 Å². The Morgan fingerprint density at radius 3 is 2.71 bits per heavy atom. The highest BCUT2D eigenvalue weighted by Crippen LogP contribution is 2.33. The Kier molecular flexibility index (Phi) is 4.82. The molecule has 6 nitrogen and oxygen atoms in total. The molecule has 0 bridgehead atoms. The zero-order chi connectivity index (χ0) is 21.4. The van der Waals surface area contributed by atoms with Gasteiger partial charge in [0.05, 0.1) is 23.5 Å². The van der Waals surface area contributed by atoms with Crippen LogP contribution >= 0.6 is 0 Å². The van der Waals surface area contributed by atoms with Crippen LogP contribution in [0.25, 0.3) is 16.9 Å². The van der Waals surface area contributed by atoms with Gasteiger partial charge in [0.25, 0.3) is 0 Å². The summed E-state index contributed by atoms with van der Waals surface area (Å²) in [6.07, 6.45) is 3.84. The SMILES string of the molecule is C[C@@H](Nc1ccc2ncc(-c3ccc(OCC4(N)CC4)cc3)n2n1)c1cccc(F)c1. The van der Waals surface area contributed by atoms with E-state index < -0.39 is 0 Å². The fourth-order valence-corrected chi connectivity index (χ4v) is 3.48. The Labute approximate surface area is 179 Å². The molecule has 3 N–H and O–H groups in total. The lowest BCUT2D eigenvalue weighted by molar-refractivity contribution is 0.279. The van der Waals surface area contributed by atoms with Crippen molar-refractivity contribution in [1.82, 2.24) is 14.6 Å². The van der Waals surface area contributed by atoms with Gasteiger partial charge in [-0.2, -0.15) is 0 Å². The van der Waals surface area contributed by atoms with Crippen molar-refractivity contribution in [2.24, 2.45) is 5.73 Å². The van der Waals surface area contributed by atoms with E-state index in [9.17, 15) is 4.39 Å². The third kappa shape index (κ3) is 4.22. The molecule has 31 heavy (non-hydrogen) atoms. The molecule has 0 spiro atoms. The highest BCUT2D eigenvalue weighted by atomic mass is 19.1. The van der Waals surface area contributed by atoms with Crippen LogP contribution in [0, 0.1) is 5.82 Å². The standard InChI is InChI=1S/C24H24FN5O/c1-16(18-3-2-4-19(25)13-18)28-22-9-10-23-27-14-21(30(23)29-22)17-5-7-20(8-6-17)31-15-24(26)11-12-24/h2-10,13-14,16H,11-12,15,26H2,1H3,(H,28,29)/t16-/m1/s1. The number of benzene rings is 2. The van der Waals surface area contributed by atoms with Crippen molar-refractivity contribution in [1.29, 1.82) is 0 Å². The van der Waals surface area contributed by atoms with E-state index in [2.05, 4.69) is 10.3 Å². The highest BCUT2D eigenvalue weighted by Gasteiger charge is 2.39. The number of aromatic nitrogens is 3. The fourth-order valence-electron chi connectivity index (χ4n) is 3.48. The predicted molar refractivity (Wildman–Crippen MR) is 119 cm³/mol. The summed E-state index contributed by atoms with van der Waals surface area (Å²) in [7, 11) is 0. The number of fused-ring (bicyclic) bond motifs is 1. The largest absolute Gasteiger partial charge is 0.492 e. The van der Waals surface area contributed by atoms with Gasteiger partial charge in [0.1, 0.15) is 24.0 Å². The molecule has 0 saturated heterocycles. The highest BCUT2D eigenvalue weighted by molar-refractivity contribution is 5.64. The molecule has 1 aliphatic rings. The first kappa shape index (κ1) is 19.5. The van der Waals surface area contributed by atoms with Gasteiger partial charge in [0.2, 0.25) is 0 Å². The minimum Gasteiger partial charge on any atom is -0.492 e. The molecule has 5 rings (SSSR count). The van der Waals surface area contributed by atoms with Gasteiger partial charge in [0.15, 0.2) is 5.65 Å². The van der Waals surface area contributed by atoms with E-state index >= 15 is 0 Å². The van der Waals surface area contributed by atoms with Gasteiger partial charge in [-0.15, -0.1) is 5.10 Å². The molecular weight excluding hydrogens is 393 g/mol. The fraction of sp³-hybridized carbons (Fsp3) is 0.250. The Morgan fingerprint density at radius 2 is 1.97 bits per heavy atom. The van der Waals surface area contributed by atoms with Crippen molar-refractivity contribution in [3.63, 3.8) is 0 Å². The van der Waals surface area contributed by atoms with Gasteiger partial charge >= 0.3 is 0 Å². The normalized spacial score (nSPS) is 15.6. The van der Waals surface area contributed by atoms with E-state index in [1.165, 1.54) is 12.1 Å². The van der Waals surface area contributed by atoms with Gasteiger partial charge < -0.3 is 15.8 Å². The van der Waals surface area contributed by atoms with Crippen LogP contribution in [0.1, 0.15) is 31.4 Å². The maximum Gasteiger partial charge on any atom is 0.154 e. The lowest BCUT2D eigenvalue weighted by atomic mass is 10.1. The van der Waals surface area contributed by atoms with E-state index in [1.807, 2.05) is 49.4 Å². The lowest BCUT2D eigenvalue weighted by Gasteiger charge is -2.15. The molecule has 0 amide bonds. The third-order valence-electron chi connectivity index (χ3n) is 5.64. The second-order valence-electron chi connectivity index (χ2n) is 8.23. The van der Waals surface area contributed by atoms with Gasteiger partial charge in [-0.25, -0.2) is 13.9 Å². The van der Waals surface area contributed by atoms with Crippen molar-refractivity contribution < 1.29 is 9.13 Å². The maximum absolute atomic E-state index is 13.5. The average Bonchev–Trinajstić information content (AvgIpc) is 3.37. The molecule has 0 aliphatic heterocycles. The number of nitrogens with two attached hydrogens (primary N) is 1. The number of nitrogens with one attached hydrogen (secondary N) is 1. The average molecular weight is 417 g/mol. The monoisotopic (exact) mass is 417 g/mol. The third-order valence-corrected chi connectivity index (χ3v) is 5.64. The molecule has 1 saturated carbocycles. The van der Waals surface area contributed by atoms with Crippen molar-refractivity contribution >= 4 is 11.5 Å². The number of anilines is 1. The Balaban J connectivity index is 1.36. The molecule has 1 aliphatic carbocycles. The van der Waals surface area contributed by atoms with Crippen LogP contribution in [0.4, 0.5) is 10.2 Å². The summed E-state index contributed by atoms with van der Waals surface area (Å²) in [6.45, 7) is 2.52. The Hall–Kier alpha value is -3.45. The molecule has 7 heteroatoms. The number of halogens is 1. The number of hydrogen-bond acceptors (Lipinski definition) is 5. The summed E-state index contributed by atoms with van der Waals surface area (Å²) in [5.74, 6) is 1.23. The predicted octanol–water partition coefficient (Wildman–Crippen LogP) is 4.58. The van der Waals surface area contributed by atoms with Crippen molar-refractivity contribution in [2.45, 2.75) is 31.3 Å². The van der Waals surface area contributed by atoms with Crippen LogP contribution in [0.15, 0.2) is 66.9 Å². The Morgan fingerprint density at radius 1 is 1.16 bits per heavy atom. The first-order valence-electron chi connectivity index (χ1n) is 10.4. The van der Waals surface area contributed by atoms with E-state index in [4.69, 9.17) is 15.6 Å². The van der Waals surface area contributed by atoms with E-state index in [0.29, 0.717) is 12.4 Å². The van der Waals surface area contributed by atoms with Crippen LogP contribution in [-0.2, 0) is 0 Å². The topological polar surface area (TPSA) is 77.5 Å². The summed E-state index contributed by atoms with van der Waals surface area (Å²) in [5, 5.41) is 8.03. The number of rotatable bonds is 7. The van der Waals surface area contributed by atoms with Gasteiger partial charge in [0, 0.05) is 5.56 Å². The summed E-state index contributed by atoms with van der Waals surface area (Å²) < 4.78 is 21.1. The van der Waals surface area contributed by atoms with Gasteiger partial charge in [-0.3, -0.25) is 0 Å². The first-order valence-corrected chi connectivity index (χ1v) is 10.4. The van der Waals surface area contributed by atoms with Crippen LogP contribution in [0.2, 0.25) is 0 Å². The minimum atomic E-state index is -0.252. The molecule has 1 atom stereocenters. The van der Waals surface area contributed by atoms with Crippen LogP contribution < -0.4 is 15.8 Å². The lowest BCUT2D eigenvalue weighted by Crippen LogP contribution is -2.29. The van der Waals surface area contributed by atoms with E-state index in [-0.39, 0.29) is 17.4 Å². The zero-order valence-electron chi connectivity index (χ0n) is 17.3. The van der Waals surface area contributed by atoms with Crippen LogP contribution in [0.3, 0.4) is 0 Å². The van der Waals surface area contributed by atoms with Crippen molar-refractivity contribution in [3.8, 4) is 17.0 Å². The maximum atomic E-state index is 13.5. The second kappa shape index (κ2) is 7.67. The summed E-state index contributed by atoms with van der Waals surface area (Å²) in [5.41, 5.74) is 9.41. The number of nitrogens with zero attached hydrogens (tertiary/aromatic N) is 3. The van der Waals surface area contributed by atoms with Crippen molar-refractivity contribution in [3.05, 3.63) is 78.2 Å². The van der Waals surface area contributed by atoms with E-state index in [1.54, 1.807) is 16.8 Å². The molecule has 2 aromatic heterocycles. The number of ether oxygens (including phenoxy) is 1. The van der Waals surface area contributed by atoms with Gasteiger partial charge in [-0.1, -0.05) is 12.1 Å². The van der Waals surface area contributed by atoms with Crippen molar-refractivity contribution in [2.75, 3.05) is 11.9 Å². The quantitative estimate of drug-likeness (QED) is 0.460. The molecule has 0 radical (unpaired) electrons. The Bertz CT molecular complexity index is 1220. The molecule has 1 fully saturated rings. The molecule has 2 aromatic carbocycles. The second-order valence-corrected chi connectivity index (χ2v) is 8.23. The summed E-state index contributed by atoms with van der Waals surface area (Å²) >= 11 is 0. The number of hydrogen-bond donors (Lipinski definition) is 2. The molecule has 0 unspecified atom stereocenters. The van der Waals surface area contributed by atoms with E-state index in [0.717, 1.165) is 41.1 Å². The molecular formula is C24H24FN5O. The molecule has 2 heterocycles. The smallest absolute Gasteiger partial charge is 0.154 e. The summed E-state index contributed by atoms with van der Waals surface area (Å²) in [6, 6.07) is 18.1. The zero-order valence-corrected chi connectivity index (χ0v) is 17.3. The van der Waals surface area contributed by atoms with Crippen LogP contribution in [-0.4, -0.2) is 26.7 Å². The summed E-state index contributed by atoms with van der Waals surface area (Å²) in [4.78, 5) is 4.46. The molecule has 4 aromatic rings.